The van der Waals surface area contributed by atoms with Gasteiger partial charge in [0, 0.05) is 11.1 Å². The summed E-state index contributed by atoms with van der Waals surface area (Å²) in [7, 11) is 0. The molecule has 4 nitrogen and oxygen atoms in total. The molecule has 0 fully saturated rings. The van der Waals surface area contributed by atoms with Crippen molar-refractivity contribution in [1.82, 2.24) is 4.98 Å². The molecule has 0 unspecified atom stereocenters. The number of fused-ring (bicyclic) bond motifs is 1. The molecule has 3 aromatic rings. The molecule has 0 aliphatic carbocycles. The van der Waals surface area contributed by atoms with E-state index in [9.17, 15) is 4.79 Å². The van der Waals surface area contributed by atoms with Gasteiger partial charge in [0.1, 0.15) is 9.71 Å². The van der Waals surface area contributed by atoms with E-state index in [1.165, 1.54) is 16.9 Å². The Kier molecular flexibility index (Phi) is 4.24. The molecule has 124 valence electrons. The van der Waals surface area contributed by atoms with Crippen molar-refractivity contribution in [2.45, 2.75) is 27.7 Å². The number of amides is 1. The minimum atomic E-state index is -0.230. The Labute approximate surface area is 149 Å². The lowest BCUT2D eigenvalue weighted by Crippen LogP contribution is -2.12. The predicted molar refractivity (Wildman–Crippen MR) is 102 cm³/mol. The average molecular weight is 360 g/mol. The minimum absolute atomic E-state index is 0.230. The Balaban J connectivity index is 2.02. The van der Waals surface area contributed by atoms with Gasteiger partial charge in [0.15, 0.2) is 0 Å². The molecular formula is C18H18ClN3OS. The van der Waals surface area contributed by atoms with E-state index in [1.807, 2.05) is 45.9 Å². The summed E-state index contributed by atoms with van der Waals surface area (Å²) in [5.41, 5.74) is 11.3. The van der Waals surface area contributed by atoms with Gasteiger partial charge in [-0.1, -0.05) is 17.7 Å². The number of pyridine rings is 1. The Hall–Kier alpha value is -2.11. The number of thiophene rings is 1. The molecule has 0 aliphatic rings. The third-order valence-electron chi connectivity index (χ3n) is 4.19. The zero-order valence-electron chi connectivity index (χ0n) is 14.0. The molecule has 1 aromatic carbocycles. The number of benzene rings is 1. The summed E-state index contributed by atoms with van der Waals surface area (Å²) in [5.74, 6) is -0.230. The molecule has 0 bridgehead atoms. The van der Waals surface area contributed by atoms with Crippen molar-refractivity contribution in [1.29, 1.82) is 0 Å². The molecule has 2 aromatic heterocycles. The summed E-state index contributed by atoms with van der Waals surface area (Å²) < 4.78 is 0. The van der Waals surface area contributed by atoms with Crippen LogP contribution in [0.15, 0.2) is 18.2 Å². The van der Waals surface area contributed by atoms with Crippen LogP contribution in [0, 0.1) is 27.7 Å². The number of carbonyl (C=O) groups excluding carboxylic acids is 1. The molecule has 0 saturated heterocycles. The number of aryl methyl sites for hydroxylation is 4. The first-order valence-electron chi connectivity index (χ1n) is 7.53. The van der Waals surface area contributed by atoms with Gasteiger partial charge in [-0.2, -0.15) is 0 Å². The smallest absolute Gasteiger partial charge is 0.267 e. The van der Waals surface area contributed by atoms with Crippen molar-refractivity contribution in [3.8, 4) is 0 Å². The van der Waals surface area contributed by atoms with E-state index in [4.69, 9.17) is 17.3 Å². The van der Waals surface area contributed by atoms with Crippen molar-refractivity contribution in [2.24, 2.45) is 0 Å². The third kappa shape index (κ3) is 2.74. The Morgan fingerprint density at radius 1 is 1.21 bits per heavy atom. The van der Waals surface area contributed by atoms with Crippen molar-refractivity contribution >= 4 is 50.4 Å². The number of aromatic nitrogens is 1. The Morgan fingerprint density at radius 3 is 2.58 bits per heavy atom. The highest BCUT2D eigenvalue weighted by atomic mass is 35.5. The summed E-state index contributed by atoms with van der Waals surface area (Å²) in [6, 6.07) is 5.81. The van der Waals surface area contributed by atoms with Crippen molar-refractivity contribution in [2.75, 3.05) is 11.1 Å². The van der Waals surface area contributed by atoms with Crippen LogP contribution in [0.4, 0.5) is 11.4 Å². The molecule has 0 aliphatic heterocycles. The highest BCUT2D eigenvalue weighted by Gasteiger charge is 2.21. The number of nitrogens with one attached hydrogen (secondary N) is 1. The van der Waals surface area contributed by atoms with Gasteiger partial charge in [0.2, 0.25) is 0 Å². The number of carbonyl (C=O) groups is 1. The number of nitrogens with two attached hydrogens (primary N) is 1. The number of hydrogen-bond acceptors (Lipinski definition) is 4. The summed E-state index contributed by atoms with van der Waals surface area (Å²) >= 11 is 7.55. The van der Waals surface area contributed by atoms with Crippen LogP contribution in [0.25, 0.3) is 10.2 Å². The van der Waals surface area contributed by atoms with Crippen LogP contribution >= 0.6 is 22.9 Å². The normalized spacial score (nSPS) is 11.0. The first-order valence-corrected chi connectivity index (χ1v) is 8.72. The number of halogens is 1. The molecule has 2 heterocycles. The molecular weight excluding hydrogens is 342 g/mol. The molecule has 0 saturated carbocycles. The molecule has 24 heavy (non-hydrogen) atoms. The zero-order valence-corrected chi connectivity index (χ0v) is 15.5. The lowest BCUT2D eigenvalue weighted by atomic mass is 10.1. The first-order chi connectivity index (χ1) is 11.3. The van der Waals surface area contributed by atoms with E-state index in [-0.39, 0.29) is 5.91 Å². The number of hydrogen-bond donors (Lipinski definition) is 2. The fraction of sp³-hybridized carbons (Fsp3) is 0.222. The molecule has 1 amide bonds. The second kappa shape index (κ2) is 6.07. The van der Waals surface area contributed by atoms with E-state index in [0.29, 0.717) is 15.6 Å². The van der Waals surface area contributed by atoms with Crippen LogP contribution in [0.1, 0.15) is 32.1 Å². The van der Waals surface area contributed by atoms with Gasteiger partial charge in [0.05, 0.1) is 16.4 Å². The van der Waals surface area contributed by atoms with Gasteiger partial charge >= 0.3 is 0 Å². The van der Waals surface area contributed by atoms with E-state index in [1.54, 1.807) is 0 Å². The summed E-state index contributed by atoms with van der Waals surface area (Å²) in [6.07, 6.45) is 0. The summed E-state index contributed by atoms with van der Waals surface area (Å²) in [5, 5.41) is 4.26. The standard InChI is InChI=1S/C18H18ClN3OS/c1-8-5-6-12(7-9(8)2)22-17(23)16-15(20)13-10(3)14(19)11(4)21-18(13)24-16/h5-7H,20H2,1-4H3,(H,22,23). The molecule has 0 atom stereocenters. The van der Waals surface area contributed by atoms with Gasteiger partial charge in [0.25, 0.3) is 5.91 Å². The molecule has 3 N–H and O–H groups in total. The third-order valence-corrected chi connectivity index (χ3v) is 5.84. The van der Waals surface area contributed by atoms with Crippen LogP contribution in [0.5, 0.6) is 0 Å². The quantitative estimate of drug-likeness (QED) is 0.675. The summed E-state index contributed by atoms with van der Waals surface area (Å²) in [4.78, 5) is 18.3. The van der Waals surface area contributed by atoms with Crippen molar-refractivity contribution < 1.29 is 4.79 Å². The van der Waals surface area contributed by atoms with E-state index >= 15 is 0 Å². The van der Waals surface area contributed by atoms with Crippen molar-refractivity contribution in [3.63, 3.8) is 0 Å². The van der Waals surface area contributed by atoms with Gasteiger partial charge < -0.3 is 11.1 Å². The van der Waals surface area contributed by atoms with Crippen LogP contribution in [-0.2, 0) is 0 Å². The number of nitrogen functional groups attached to an aromatic ring is 1. The molecule has 3 rings (SSSR count). The second-order valence-electron chi connectivity index (χ2n) is 5.91. The highest BCUT2D eigenvalue weighted by Crippen LogP contribution is 2.38. The van der Waals surface area contributed by atoms with Crippen molar-refractivity contribution in [3.05, 3.63) is 50.5 Å². The lowest BCUT2D eigenvalue weighted by Gasteiger charge is -2.07. The zero-order chi connectivity index (χ0) is 17.6. The van der Waals surface area contributed by atoms with E-state index in [2.05, 4.69) is 10.3 Å². The summed E-state index contributed by atoms with van der Waals surface area (Å²) in [6.45, 7) is 7.79. The maximum absolute atomic E-state index is 12.6. The van der Waals surface area contributed by atoms with E-state index in [0.717, 1.165) is 32.7 Å². The predicted octanol–water partition coefficient (Wildman–Crippen LogP) is 5.02. The number of anilines is 2. The average Bonchev–Trinajstić information content (AvgIpc) is 2.85. The van der Waals surface area contributed by atoms with Gasteiger partial charge in [-0.3, -0.25) is 4.79 Å². The number of nitrogens with zero attached hydrogens (tertiary/aromatic N) is 1. The number of rotatable bonds is 2. The van der Waals surface area contributed by atoms with Crippen LogP contribution < -0.4 is 11.1 Å². The molecule has 6 heteroatoms. The van der Waals surface area contributed by atoms with Crippen LogP contribution in [-0.4, -0.2) is 10.9 Å². The van der Waals surface area contributed by atoms with Gasteiger partial charge in [-0.05, 0) is 56.5 Å². The van der Waals surface area contributed by atoms with Gasteiger partial charge in [-0.25, -0.2) is 4.98 Å². The van der Waals surface area contributed by atoms with E-state index < -0.39 is 0 Å². The maximum Gasteiger partial charge on any atom is 0.267 e. The van der Waals surface area contributed by atoms with Crippen LogP contribution in [0.3, 0.4) is 0 Å². The Bertz CT molecular complexity index is 978. The van der Waals surface area contributed by atoms with Gasteiger partial charge in [-0.15, -0.1) is 11.3 Å². The molecule has 0 spiro atoms. The SMILES string of the molecule is Cc1ccc(NC(=O)c2sc3nc(C)c(Cl)c(C)c3c2N)cc1C. The van der Waals surface area contributed by atoms with Crippen LogP contribution in [0.2, 0.25) is 5.02 Å². The fourth-order valence-electron chi connectivity index (χ4n) is 2.63. The monoisotopic (exact) mass is 359 g/mol. The first kappa shape index (κ1) is 16.7. The topological polar surface area (TPSA) is 68.0 Å². The Morgan fingerprint density at radius 2 is 1.92 bits per heavy atom. The largest absolute Gasteiger partial charge is 0.397 e. The maximum atomic E-state index is 12.6. The lowest BCUT2D eigenvalue weighted by molar-refractivity contribution is 0.103. The highest BCUT2D eigenvalue weighted by molar-refractivity contribution is 7.21. The fourth-order valence-corrected chi connectivity index (χ4v) is 3.86. The minimum Gasteiger partial charge on any atom is -0.397 e. The second-order valence-corrected chi connectivity index (χ2v) is 7.29. The molecule has 0 radical (unpaired) electrons.